The summed E-state index contributed by atoms with van der Waals surface area (Å²) in [6.07, 6.45) is 2.16. The number of fused-ring (bicyclic) bond motifs is 1. The fourth-order valence-corrected chi connectivity index (χ4v) is 3.33. The summed E-state index contributed by atoms with van der Waals surface area (Å²) in [5.41, 5.74) is 0.838. The summed E-state index contributed by atoms with van der Waals surface area (Å²) in [4.78, 5) is 43.8. The molecule has 2 aromatic rings. The van der Waals surface area contributed by atoms with E-state index in [9.17, 15) is 14.4 Å². The quantitative estimate of drug-likeness (QED) is 0.704. The van der Waals surface area contributed by atoms with Crippen molar-refractivity contribution in [3.05, 3.63) is 28.3 Å². The Morgan fingerprint density at radius 3 is 2.75 bits per heavy atom. The Hall–Kier alpha value is -2.68. The molecule has 9 nitrogen and oxygen atoms in total. The number of aromatic nitrogens is 3. The molecule has 0 radical (unpaired) electrons. The van der Waals surface area contributed by atoms with Crippen LogP contribution < -0.4 is 5.69 Å². The third-order valence-electron chi connectivity index (χ3n) is 4.69. The van der Waals surface area contributed by atoms with E-state index >= 15 is 0 Å². The third kappa shape index (κ3) is 4.09. The Morgan fingerprint density at radius 1 is 1.25 bits per heavy atom. The number of pyridine rings is 1. The second-order valence-electron chi connectivity index (χ2n) is 7.28. The summed E-state index contributed by atoms with van der Waals surface area (Å²) in [5, 5.41) is 0. The summed E-state index contributed by atoms with van der Waals surface area (Å²) >= 11 is 0. The van der Waals surface area contributed by atoms with Gasteiger partial charge in [0.2, 0.25) is 5.91 Å². The van der Waals surface area contributed by atoms with Crippen molar-refractivity contribution in [1.82, 2.24) is 19.0 Å². The summed E-state index contributed by atoms with van der Waals surface area (Å²) < 4.78 is 13.1. The van der Waals surface area contributed by atoms with Gasteiger partial charge in [-0.3, -0.25) is 13.9 Å². The molecule has 28 heavy (non-hydrogen) atoms. The number of methoxy groups -OCH3 is 1. The normalized spacial score (nSPS) is 15.1. The molecule has 152 valence electrons. The highest BCUT2D eigenvalue weighted by molar-refractivity contribution is 5.92. The van der Waals surface area contributed by atoms with Crippen LogP contribution in [0.1, 0.15) is 30.6 Å². The molecule has 0 saturated carbocycles. The van der Waals surface area contributed by atoms with Crippen molar-refractivity contribution >= 4 is 23.0 Å². The molecular formula is C19H26N4O5. The largest absolute Gasteiger partial charge is 0.465 e. The van der Waals surface area contributed by atoms with Crippen LogP contribution in [0.15, 0.2) is 17.1 Å². The Labute approximate surface area is 162 Å². The first-order valence-electron chi connectivity index (χ1n) is 9.45. The van der Waals surface area contributed by atoms with Crippen LogP contribution >= 0.6 is 0 Å². The van der Waals surface area contributed by atoms with Crippen molar-refractivity contribution in [2.24, 2.45) is 5.92 Å². The maximum absolute atomic E-state index is 13.0. The highest BCUT2D eigenvalue weighted by Gasteiger charge is 2.22. The molecule has 0 aliphatic carbocycles. The lowest BCUT2D eigenvalue weighted by Crippen LogP contribution is -2.38. The zero-order valence-electron chi connectivity index (χ0n) is 16.5. The van der Waals surface area contributed by atoms with Gasteiger partial charge in [0.1, 0.15) is 6.54 Å². The predicted octanol–water partition coefficient (Wildman–Crippen LogP) is 0.889. The molecule has 3 rings (SSSR count). The Bertz CT molecular complexity index is 922. The predicted molar refractivity (Wildman–Crippen MR) is 102 cm³/mol. The zero-order chi connectivity index (χ0) is 20.3. The van der Waals surface area contributed by atoms with E-state index in [-0.39, 0.29) is 29.6 Å². The fourth-order valence-electron chi connectivity index (χ4n) is 3.33. The number of hydrogen-bond acceptors (Lipinski definition) is 6. The minimum absolute atomic E-state index is 0.104. The molecular weight excluding hydrogens is 364 g/mol. The lowest BCUT2D eigenvalue weighted by molar-refractivity contribution is -0.131. The van der Waals surface area contributed by atoms with Gasteiger partial charge in [0.25, 0.3) is 0 Å². The van der Waals surface area contributed by atoms with Gasteiger partial charge in [-0.1, -0.05) is 13.8 Å². The van der Waals surface area contributed by atoms with Crippen molar-refractivity contribution in [1.29, 1.82) is 0 Å². The van der Waals surface area contributed by atoms with Crippen LogP contribution in [0.5, 0.6) is 0 Å². The number of carbonyl (C=O) groups is 2. The molecule has 2 aromatic heterocycles. The Balaban J connectivity index is 2.03. The van der Waals surface area contributed by atoms with E-state index in [1.165, 1.54) is 17.9 Å². The second-order valence-corrected chi connectivity index (χ2v) is 7.28. The van der Waals surface area contributed by atoms with Crippen molar-refractivity contribution in [2.75, 3.05) is 33.4 Å². The molecule has 0 spiro atoms. The van der Waals surface area contributed by atoms with Gasteiger partial charge in [0.15, 0.2) is 5.65 Å². The van der Waals surface area contributed by atoms with Gasteiger partial charge in [-0.2, -0.15) is 0 Å². The molecule has 3 heterocycles. The summed E-state index contributed by atoms with van der Waals surface area (Å²) in [6.45, 7) is 6.59. The SMILES string of the molecule is COC(=O)c1cnc2c(c1)n(CC(=O)N1CCCOCC1)c(=O)n2CC(C)C. The maximum atomic E-state index is 13.0. The summed E-state index contributed by atoms with van der Waals surface area (Å²) in [5.74, 6) is -0.474. The summed E-state index contributed by atoms with van der Waals surface area (Å²) in [6, 6.07) is 1.56. The number of carbonyl (C=O) groups excluding carboxylic acids is 2. The van der Waals surface area contributed by atoms with Gasteiger partial charge < -0.3 is 14.4 Å². The molecule has 1 amide bonds. The summed E-state index contributed by atoms with van der Waals surface area (Å²) in [7, 11) is 1.29. The highest BCUT2D eigenvalue weighted by atomic mass is 16.5. The van der Waals surface area contributed by atoms with Gasteiger partial charge in [-0.25, -0.2) is 14.6 Å². The van der Waals surface area contributed by atoms with Gasteiger partial charge in [0.05, 0.1) is 24.8 Å². The molecule has 0 aromatic carbocycles. The standard InChI is InChI=1S/C19H26N4O5/c1-13(2)11-23-17-15(9-14(10-20-17)18(25)27-3)22(19(23)26)12-16(24)21-5-4-7-28-8-6-21/h9-10,13H,4-8,11-12H2,1-3H3. The van der Waals surface area contributed by atoms with Crippen LogP contribution in [-0.4, -0.2) is 64.3 Å². The van der Waals surface area contributed by atoms with E-state index in [1.807, 2.05) is 13.8 Å². The number of amides is 1. The van der Waals surface area contributed by atoms with E-state index in [0.717, 1.165) is 6.42 Å². The molecule has 1 aliphatic heterocycles. The first-order chi connectivity index (χ1) is 13.4. The van der Waals surface area contributed by atoms with Crippen LogP contribution in [-0.2, 0) is 27.4 Å². The van der Waals surface area contributed by atoms with Gasteiger partial charge >= 0.3 is 11.7 Å². The first kappa shape index (κ1) is 20.1. The van der Waals surface area contributed by atoms with E-state index < -0.39 is 5.97 Å². The lowest BCUT2D eigenvalue weighted by atomic mass is 10.2. The zero-order valence-corrected chi connectivity index (χ0v) is 16.5. The first-order valence-corrected chi connectivity index (χ1v) is 9.45. The van der Waals surface area contributed by atoms with Crippen LogP contribution in [0, 0.1) is 5.92 Å². The third-order valence-corrected chi connectivity index (χ3v) is 4.69. The molecule has 1 fully saturated rings. The van der Waals surface area contributed by atoms with Gasteiger partial charge in [-0.15, -0.1) is 0 Å². The Kier molecular flexibility index (Phi) is 6.13. The number of esters is 1. The highest BCUT2D eigenvalue weighted by Crippen LogP contribution is 2.16. The number of rotatable bonds is 5. The molecule has 0 unspecified atom stereocenters. The van der Waals surface area contributed by atoms with Crippen LogP contribution in [0.4, 0.5) is 0 Å². The van der Waals surface area contributed by atoms with Crippen LogP contribution in [0.3, 0.4) is 0 Å². The van der Waals surface area contributed by atoms with Crippen molar-refractivity contribution in [3.63, 3.8) is 0 Å². The number of imidazole rings is 1. The van der Waals surface area contributed by atoms with Crippen LogP contribution in [0.25, 0.3) is 11.2 Å². The maximum Gasteiger partial charge on any atom is 0.339 e. The molecule has 0 bridgehead atoms. The van der Waals surface area contributed by atoms with E-state index in [4.69, 9.17) is 9.47 Å². The van der Waals surface area contributed by atoms with E-state index in [0.29, 0.717) is 44.0 Å². The van der Waals surface area contributed by atoms with E-state index in [2.05, 4.69) is 4.98 Å². The minimum atomic E-state index is -0.541. The second kappa shape index (κ2) is 8.55. The monoisotopic (exact) mass is 390 g/mol. The average Bonchev–Trinajstić information content (AvgIpc) is 2.88. The fraction of sp³-hybridized carbons (Fsp3) is 0.579. The minimum Gasteiger partial charge on any atom is -0.465 e. The molecule has 1 aliphatic rings. The molecule has 0 atom stereocenters. The van der Waals surface area contributed by atoms with Gasteiger partial charge in [0, 0.05) is 32.4 Å². The smallest absolute Gasteiger partial charge is 0.339 e. The van der Waals surface area contributed by atoms with Crippen molar-refractivity contribution < 1.29 is 19.1 Å². The molecule has 0 N–H and O–H groups in total. The Morgan fingerprint density at radius 2 is 2.04 bits per heavy atom. The number of hydrogen-bond donors (Lipinski definition) is 0. The van der Waals surface area contributed by atoms with Crippen molar-refractivity contribution in [3.8, 4) is 0 Å². The van der Waals surface area contributed by atoms with Gasteiger partial charge in [-0.05, 0) is 18.4 Å². The molecule has 9 heteroatoms. The van der Waals surface area contributed by atoms with Crippen molar-refractivity contribution in [2.45, 2.75) is 33.4 Å². The topological polar surface area (TPSA) is 95.7 Å². The van der Waals surface area contributed by atoms with E-state index in [1.54, 1.807) is 15.5 Å². The molecule has 1 saturated heterocycles. The number of nitrogens with zero attached hydrogens (tertiary/aromatic N) is 4. The van der Waals surface area contributed by atoms with Crippen LogP contribution in [0.2, 0.25) is 0 Å². The number of ether oxygens (including phenoxy) is 2. The average molecular weight is 390 g/mol. The lowest BCUT2D eigenvalue weighted by Gasteiger charge is -2.19.